The van der Waals surface area contributed by atoms with Gasteiger partial charge < -0.3 is 9.15 Å². The first-order valence-electron chi connectivity index (χ1n) is 10.0. The number of para-hydroxylation sites is 1. The van der Waals surface area contributed by atoms with Crippen LogP contribution in [0.2, 0.25) is 26.2 Å². The summed E-state index contributed by atoms with van der Waals surface area (Å²) in [5.74, 6) is 1.95. The summed E-state index contributed by atoms with van der Waals surface area (Å²) in [4.78, 5) is 2.73. The van der Waals surface area contributed by atoms with Crippen LogP contribution in [0.4, 0.5) is 0 Å². The molecule has 2 heterocycles. The fourth-order valence-electron chi connectivity index (χ4n) is 4.63. The lowest BCUT2D eigenvalue weighted by Crippen LogP contribution is -2.21. The van der Waals surface area contributed by atoms with Crippen LogP contribution in [0.15, 0.2) is 57.4 Å². The van der Waals surface area contributed by atoms with Crippen molar-refractivity contribution in [3.63, 3.8) is 0 Å². The van der Waals surface area contributed by atoms with E-state index in [1.165, 1.54) is 5.56 Å². The van der Waals surface area contributed by atoms with Crippen molar-refractivity contribution in [1.29, 1.82) is 0 Å². The predicted octanol–water partition coefficient (Wildman–Crippen LogP) is 5.40. The first-order valence-corrected chi connectivity index (χ1v) is 16.8. The van der Waals surface area contributed by atoms with E-state index < -0.39 is 17.6 Å². The van der Waals surface area contributed by atoms with Crippen molar-refractivity contribution in [3.8, 4) is 5.75 Å². The molecule has 1 aromatic heterocycles. The average molecular weight is 475 g/mol. The Hall–Kier alpha value is -1.35. The standard InChI is InChI=1S/C22H28BrNO2Si2/c1-25-18-11-10-15(23)13-16(18)20(24-21(27(2)3)22(24)28(4)5)19-12-14-8-6-7-9-17(14)26-19/h6-13,20-22,27-28H,1-5H3. The lowest BCUT2D eigenvalue weighted by atomic mass is 10.0. The summed E-state index contributed by atoms with van der Waals surface area (Å²) in [6.07, 6.45) is 0. The number of rotatable bonds is 6. The second-order valence-corrected chi connectivity index (χ2v) is 15.6. The Balaban J connectivity index is 1.88. The van der Waals surface area contributed by atoms with Crippen LogP contribution in [0.1, 0.15) is 17.4 Å². The lowest BCUT2D eigenvalue weighted by Gasteiger charge is -2.22. The van der Waals surface area contributed by atoms with Gasteiger partial charge in [-0.2, -0.15) is 0 Å². The number of halogens is 1. The van der Waals surface area contributed by atoms with Gasteiger partial charge in [-0.25, -0.2) is 0 Å². The zero-order valence-electron chi connectivity index (χ0n) is 17.1. The van der Waals surface area contributed by atoms with E-state index in [4.69, 9.17) is 9.15 Å². The van der Waals surface area contributed by atoms with E-state index in [1.807, 2.05) is 12.1 Å². The number of ether oxygens (including phenoxy) is 1. The lowest BCUT2D eigenvalue weighted by molar-refractivity contribution is 0.353. The number of fused-ring (bicyclic) bond motifs is 1. The summed E-state index contributed by atoms with van der Waals surface area (Å²) in [5.41, 5.74) is 3.60. The van der Waals surface area contributed by atoms with Crippen LogP contribution in [-0.4, -0.2) is 40.9 Å². The van der Waals surface area contributed by atoms with E-state index in [0.717, 1.165) is 38.3 Å². The number of benzene rings is 2. The first-order chi connectivity index (χ1) is 13.4. The molecule has 0 aliphatic carbocycles. The molecule has 0 saturated carbocycles. The Morgan fingerprint density at radius 1 is 1.00 bits per heavy atom. The maximum Gasteiger partial charge on any atom is 0.134 e. The Morgan fingerprint density at radius 2 is 1.68 bits per heavy atom. The third-order valence-corrected chi connectivity index (χ3v) is 11.0. The van der Waals surface area contributed by atoms with Crippen molar-refractivity contribution < 1.29 is 9.15 Å². The molecule has 2 aromatic carbocycles. The van der Waals surface area contributed by atoms with Crippen LogP contribution in [0.5, 0.6) is 5.75 Å². The van der Waals surface area contributed by atoms with E-state index in [2.05, 4.69) is 83.4 Å². The molecule has 3 atom stereocenters. The maximum absolute atomic E-state index is 6.40. The van der Waals surface area contributed by atoms with Crippen molar-refractivity contribution in [2.75, 3.05) is 7.11 Å². The molecule has 0 spiro atoms. The Kier molecular flexibility index (Phi) is 5.57. The minimum Gasteiger partial charge on any atom is -0.496 e. The van der Waals surface area contributed by atoms with Gasteiger partial charge in [0.1, 0.15) is 17.1 Å². The van der Waals surface area contributed by atoms with Crippen molar-refractivity contribution in [1.82, 2.24) is 4.90 Å². The van der Waals surface area contributed by atoms with E-state index >= 15 is 0 Å². The van der Waals surface area contributed by atoms with Gasteiger partial charge in [0, 0.05) is 26.8 Å². The maximum atomic E-state index is 6.40. The van der Waals surface area contributed by atoms with Crippen molar-refractivity contribution >= 4 is 44.5 Å². The quantitative estimate of drug-likeness (QED) is 0.354. The molecule has 6 heteroatoms. The number of hydrogen-bond acceptors (Lipinski definition) is 3. The van der Waals surface area contributed by atoms with Gasteiger partial charge in [0.15, 0.2) is 0 Å². The van der Waals surface area contributed by atoms with Crippen molar-refractivity contribution in [3.05, 3.63) is 64.3 Å². The second-order valence-electron chi connectivity index (χ2n) is 8.39. The highest BCUT2D eigenvalue weighted by Crippen LogP contribution is 2.48. The molecule has 1 aliphatic heterocycles. The monoisotopic (exact) mass is 473 g/mol. The van der Waals surface area contributed by atoms with Gasteiger partial charge in [-0.1, -0.05) is 60.3 Å². The highest BCUT2D eigenvalue weighted by Gasteiger charge is 2.55. The summed E-state index contributed by atoms with van der Waals surface area (Å²) >= 11 is 3.67. The summed E-state index contributed by atoms with van der Waals surface area (Å²) in [5, 5.41) is 1.16. The summed E-state index contributed by atoms with van der Waals surface area (Å²) in [6, 6.07) is 16.9. The molecule has 0 bridgehead atoms. The number of hydrogen-bond donors (Lipinski definition) is 0. The minimum absolute atomic E-state index is 0.0969. The SMILES string of the molecule is COc1ccc(Br)cc1C(c1cc2ccccc2o1)N1C([SiH](C)C)C1[SiH](C)C. The molecule has 28 heavy (non-hydrogen) atoms. The summed E-state index contributed by atoms with van der Waals surface area (Å²) in [7, 11) is 0.130. The molecule has 3 nitrogen and oxygen atoms in total. The third kappa shape index (κ3) is 3.51. The molecule has 1 saturated heterocycles. The van der Waals surface area contributed by atoms with Gasteiger partial charge in [-0.05, 0) is 30.3 Å². The van der Waals surface area contributed by atoms with Crippen LogP contribution < -0.4 is 4.74 Å². The van der Waals surface area contributed by atoms with Crippen LogP contribution in [0, 0.1) is 0 Å². The fraction of sp³-hybridized carbons (Fsp3) is 0.364. The molecular formula is C22H28BrNO2Si2. The molecule has 0 radical (unpaired) electrons. The van der Waals surface area contributed by atoms with Crippen LogP contribution in [-0.2, 0) is 0 Å². The molecule has 0 amide bonds. The molecule has 4 rings (SSSR count). The smallest absolute Gasteiger partial charge is 0.134 e. The normalized spacial score (nSPS) is 22.8. The topological polar surface area (TPSA) is 25.4 Å². The zero-order valence-corrected chi connectivity index (χ0v) is 21.0. The molecule has 148 valence electrons. The van der Waals surface area contributed by atoms with Crippen LogP contribution in [0.3, 0.4) is 0 Å². The van der Waals surface area contributed by atoms with E-state index in [9.17, 15) is 0 Å². The van der Waals surface area contributed by atoms with E-state index in [1.54, 1.807) is 7.11 Å². The molecule has 3 unspecified atom stereocenters. The van der Waals surface area contributed by atoms with Gasteiger partial charge in [-0.3, -0.25) is 4.90 Å². The average Bonchev–Trinajstić information content (AvgIpc) is 3.25. The van der Waals surface area contributed by atoms with Gasteiger partial charge in [0.2, 0.25) is 0 Å². The minimum atomic E-state index is -0.814. The Bertz CT molecular complexity index is 941. The largest absolute Gasteiger partial charge is 0.496 e. The zero-order chi connectivity index (χ0) is 20.0. The van der Waals surface area contributed by atoms with Gasteiger partial charge >= 0.3 is 0 Å². The van der Waals surface area contributed by atoms with Crippen molar-refractivity contribution in [2.45, 2.75) is 43.6 Å². The summed E-state index contributed by atoms with van der Waals surface area (Å²) < 4.78 is 13.3. The number of furan rings is 1. The molecule has 3 aromatic rings. The van der Waals surface area contributed by atoms with E-state index in [0.29, 0.717) is 0 Å². The Morgan fingerprint density at radius 3 is 2.29 bits per heavy atom. The fourth-order valence-corrected chi connectivity index (χ4v) is 11.8. The molecule has 0 N–H and O–H groups in total. The molecule has 1 aliphatic rings. The molecular weight excluding hydrogens is 446 g/mol. The Labute approximate surface area is 179 Å². The van der Waals surface area contributed by atoms with Crippen LogP contribution >= 0.6 is 15.9 Å². The predicted molar refractivity (Wildman–Crippen MR) is 126 cm³/mol. The van der Waals surface area contributed by atoms with Crippen molar-refractivity contribution in [2.24, 2.45) is 0 Å². The second kappa shape index (κ2) is 7.82. The first kappa shape index (κ1) is 19.9. The number of methoxy groups -OCH3 is 1. The van der Waals surface area contributed by atoms with Gasteiger partial charge in [-0.15, -0.1) is 0 Å². The van der Waals surface area contributed by atoms with E-state index in [-0.39, 0.29) is 6.04 Å². The third-order valence-electron chi connectivity index (χ3n) is 5.81. The highest BCUT2D eigenvalue weighted by atomic mass is 79.9. The molecule has 1 fully saturated rings. The number of nitrogens with zero attached hydrogens (tertiary/aromatic N) is 1. The summed E-state index contributed by atoms with van der Waals surface area (Å²) in [6.45, 7) is 9.90. The van der Waals surface area contributed by atoms with Crippen LogP contribution in [0.25, 0.3) is 11.0 Å². The van der Waals surface area contributed by atoms with Gasteiger partial charge in [0.05, 0.1) is 30.7 Å². The van der Waals surface area contributed by atoms with Gasteiger partial charge in [0.25, 0.3) is 0 Å². The highest BCUT2D eigenvalue weighted by molar-refractivity contribution is 9.10.